The first-order valence-electron chi connectivity index (χ1n) is 8.30. The topological polar surface area (TPSA) is 50.8 Å². The SMILES string of the molecule is COc1ccc(OCCN(C)CC(=O)Nc2cc(C)ccc2C)cc1. The van der Waals surface area contributed by atoms with E-state index < -0.39 is 0 Å². The van der Waals surface area contributed by atoms with Crippen LogP contribution in [0.2, 0.25) is 0 Å². The van der Waals surface area contributed by atoms with Gasteiger partial charge in [-0.2, -0.15) is 0 Å². The number of likely N-dealkylation sites (N-methyl/N-ethyl adjacent to an activating group) is 1. The Morgan fingerprint density at radius 2 is 1.76 bits per heavy atom. The lowest BCUT2D eigenvalue weighted by molar-refractivity contribution is -0.117. The smallest absolute Gasteiger partial charge is 0.238 e. The van der Waals surface area contributed by atoms with E-state index in [0.717, 1.165) is 28.3 Å². The minimum absolute atomic E-state index is 0.0272. The van der Waals surface area contributed by atoms with Crippen molar-refractivity contribution in [2.24, 2.45) is 0 Å². The van der Waals surface area contributed by atoms with Gasteiger partial charge in [0.2, 0.25) is 5.91 Å². The molecule has 0 aromatic heterocycles. The number of benzene rings is 2. The van der Waals surface area contributed by atoms with E-state index in [9.17, 15) is 4.79 Å². The molecule has 0 atom stereocenters. The third-order valence-electron chi connectivity index (χ3n) is 3.88. The summed E-state index contributed by atoms with van der Waals surface area (Å²) in [4.78, 5) is 14.1. The van der Waals surface area contributed by atoms with Crippen LogP contribution in [0.4, 0.5) is 5.69 Å². The maximum absolute atomic E-state index is 12.2. The van der Waals surface area contributed by atoms with Gasteiger partial charge in [-0.15, -0.1) is 0 Å². The molecule has 0 heterocycles. The minimum Gasteiger partial charge on any atom is -0.497 e. The summed E-state index contributed by atoms with van der Waals surface area (Å²) in [6.07, 6.45) is 0. The average Bonchev–Trinajstić information content (AvgIpc) is 2.58. The number of carbonyl (C=O) groups excluding carboxylic acids is 1. The summed E-state index contributed by atoms with van der Waals surface area (Å²) < 4.78 is 10.8. The molecular weight excluding hydrogens is 316 g/mol. The molecule has 1 N–H and O–H groups in total. The molecule has 2 rings (SSSR count). The van der Waals surface area contributed by atoms with E-state index in [1.54, 1.807) is 7.11 Å². The Morgan fingerprint density at radius 1 is 1.08 bits per heavy atom. The Bertz CT molecular complexity index is 699. The first-order chi connectivity index (χ1) is 12.0. The summed E-state index contributed by atoms with van der Waals surface area (Å²) >= 11 is 0. The Labute approximate surface area is 149 Å². The van der Waals surface area contributed by atoms with Crippen LogP contribution in [0.3, 0.4) is 0 Å². The molecule has 25 heavy (non-hydrogen) atoms. The Hall–Kier alpha value is -2.53. The third kappa shape index (κ3) is 6.12. The fourth-order valence-electron chi connectivity index (χ4n) is 2.38. The van der Waals surface area contributed by atoms with Gasteiger partial charge in [-0.3, -0.25) is 9.69 Å². The van der Waals surface area contributed by atoms with E-state index in [0.29, 0.717) is 19.7 Å². The zero-order valence-electron chi connectivity index (χ0n) is 15.3. The highest BCUT2D eigenvalue weighted by Gasteiger charge is 2.09. The molecule has 2 aromatic carbocycles. The van der Waals surface area contributed by atoms with Crippen LogP contribution in [0.5, 0.6) is 11.5 Å². The van der Waals surface area contributed by atoms with Crippen LogP contribution in [-0.4, -0.2) is 44.7 Å². The van der Waals surface area contributed by atoms with Gasteiger partial charge in [-0.25, -0.2) is 0 Å². The molecule has 0 radical (unpaired) electrons. The number of amides is 1. The minimum atomic E-state index is -0.0272. The standard InChI is InChI=1S/C20H26N2O3/c1-15-5-6-16(2)19(13-15)21-20(23)14-22(3)11-12-25-18-9-7-17(24-4)8-10-18/h5-10,13H,11-12,14H2,1-4H3,(H,21,23). The van der Waals surface area contributed by atoms with E-state index in [2.05, 4.69) is 5.32 Å². The van der Waals surface area contributed by atoms with Gasteiger partial charge in [0.05, 0.1) is 13.7 Å². The van der Waals surface area contributed by atoms with Crippen molar-refractivity contribution in [1.82, 2.24) is 4.90 Å². The molecule has 134 valence electrons. The molecule has 0 unspecified atom stereocenters. The lowest BCUT2D eigenvalue weighted by atomic mass is 10.1. The number of rotatable bonds is 8. The second-order valence-corrected chi connectivity index (χ2v) is 6.13. The maximum atomic E-state index is 12.2. The van der Waals surface area contributed by atoms with Crippen LogP contribution in [0.15, 0.2) is 42.5 Å². The number of carbonyl (C=O) groups is 1. The van der Waals surface area contributed by atoms with Gasteiger partial charge in [-0.1, -0.05) is 12.1 Å². The number of anilines is 1. The van der Waals surface area contributed by atoms with Crippen molar-refractivity contribution in [2.75, 3.05) is 39.2 Å². The predicted octanol–water partition coefficient (Wildman–Crippen LogP) is 3.26. The van der Waals surface area contributed by atoms with Crippen LogP contribution >= 0.6 is 0 Å². The summed E-state index contributed by atoms with van der Waals surface area (Å²) in [6, 6.07) is 13.5. The summed E-state index contributed by atoms with van der Waals surface area (Å²) in [6.45, 7) is 5.49. The molecule has 0 bridgehead atoms. The Kier molecular flexibility index (Phi) is 6.83. The number of nitrogens with zero attached hydrogens (tertiary/aromatic N) is 1. The van der Waals surface area contributed by atoms with Crippen LogP contribution in [0.1, 0.15) is 11.1 Å². The Morgan fingerprint density at radius 3 is 2.44 bits per heavy atom. The van der Waals surface area contributed by atoms with Crippen molar-refractivity contribution in [3.63, 3.8) is 0 Å². The first kappa shape index (κ1) is 18.8. The molecule has 0 fully saturated rings. The van der Waals surface area contributed by atoms with Crippen LogP contribution < -0.4 is 14.8 Å². The number of hydrogen-bond donors (Lipinski definition) is 1. The lowest BCUT2D eigenvalue weighted by Crippen LogP contribution is -2.33. The second-order valence-electron chi connectivity index (χ2n) is 6.13. The zero-order valence-corrected chi connectivity index (χ0v) is 15.3. The predicted molar refractivity (Wildman–Crippen MR) is 101 cm³/mol. The lowest BCUT2D eigenvalue weighted by Gasteiger charge is -2.17. The molecule has 0 aliphatic heterocycles. The zero-order chi connectivity index (χ0) is 18.2. The largest absolute Gasteiger partial charge is 0.497 e. The van der Waals surface area contributed by atoms with Crippen LogP contribution in [0, 0.1) is 13.8 Å². The molecule has 0 aliphatic carbocycles. The molecule has 2 aromatic rings. The maximum Gasteiger partial charge on any atom is 0.238 e. The molecule has 0 saturated carbocycles. The molecular formula is C20H26N2O3. The van der Waals surface area contributed by atoms with Gasteiger partial charge in [0.1, 0.15) is 18.1 Å². The average molecular weight is 342 g/mol. The highest BCUT2D eigenvalue weighted by atomic mass is 16.5. The van der Waals surface area contributed by atoms with E-state index in [1.165, 1.54) is 0 Å². The second kappa shape index (κ2) is 9.08. The van der Waals surface area contributed by atoms with E-state index in [4.69, 9.17) is 9.47 Å². The van der Waals surface area contributed by atoms with Gasteiger partial charge in [0, 0.05) is 12.2 Å². The number of aryl methyl sites for hydroxylation is 2. The number of hydrogen-bond acceptors (Lipinski definition) is 4. The highest BCUT2D eigenvalue weighted by Crippen LogP contribution is 2.17. The number of methoxy groups -OCH3 is 1. The van der Waals surface area contributed by atoms with Crippen molar-refractivity contribution >= 4 is 11.6 Å². The van der Waals surface area contributed by atoms with Crippen LogP contribution in [0.25, 0.3) is 0 Å². The fourth-order valence-corrected chi connectivity index (χ4v) is 2.38. The van der Waals surface area contributed by atoms with E-state index in [-0.39, 0.29) is 5.91 Å². The number of nitrogens with one attached hydrogen (secondary N) is 1. The van der Waals surface area contributed by atoms with E-state index >= 15 is 0 Å². The van der Waals surface area contributed by atoms with E-state index in [1.807, 2.05) is 68.3 Å². The summed E-state index contributed by atoms with van der Waals surface area (Å²) in [5.41, 5.74) is 3.06. The van der Waals surface area contributed by atoms with Crippen molar-refractivity contribution in [1.29, 1.82) is 0 Å². The molecule has 0 aliphatic rings. The van der Waals surface area contributed by atoms with Gasteiger partial charge < -0.3 is 14.8 Å². The first-order valence-corrected chi connectivity index (χ1v) is 8.30. The van der Waals surface area contributed by atoms with Crippen molar-refractivity contribution < 1.29 is 14.3 Å². The van der Waals surface area contributed by atoms with Gasteiger partial charge in [-0.05, 0) is 62.4 Å². The van der Waals surface area contributed by atoms with Crippen molar-refractivity contribution in [2.45, 2.75) is 13.8 Å². The van der Waals surface area contributed by atoms with Gasteiger partial charge >= 0.3 is 0 Å². The molecule has 5 heteroatoms. The summed E-state index contributed by atoms with van der Waals surface area (Å²) in [5.74, 6) is 1.56. The molecule has 0 saturated heterocycles. The van der Waals surface area contributed by atoms with Crippen molar-refractivity contribution in [3.05, 3.63) is 53.6 Å². The highest BCUT2D eigenvalue weighted by molar-refractivity contribution is 5.93. The van der Waals surface area contributed by atoms with Gasteiger partial charge in [0.25, 0.3) is 0 Å². The normalized spacial score (nSPS) is 10.6. The molecule has 0 spiro atoms. The summed E-state index contributed by atoms with van der Waals surface area (Å²) in [5, 5.41) is 2.97. The summed E-state index contributed by atoms with van der Waals surface area (Å²) in [7, 11) is 3.54. The van der Waals surface area contributed by atoms with Crippen LogP contribution in [-0.2, 0) is 4.79 Å². The van der Waals surface area contributed by atoms with Crippen molar-refractivity contribution in [3.8, 4) is 11.5 Å². The number of ether oxygens (including phenoxy) is 2. The monoisotopic (exact) mass is 342 g/mol. The van der Waals surface area contributed by atoms with Gasteiger partial charge in [0.15, 0.2) is 0 Å². The fraction of sp³-hybridized carbons (Fsp3) is 0.350. The Balaban J connectivity index is 1.74. The molecule has 5 nitrogen and oxygen atoms in total. The quantitative estimate of drug-likeness (QED) is 0.800. The molecule has 1 amide bonds. The third-order valence-corrected chi connectivity index (χ3v) is 3.88.